The lowest BCUT2D eigenvalue weighted by atomic mass is 10.3. The van der Waals surface area contributed by atoms with Crippen LogP contribution in [0.2, 0.25) is 0 Å². The molecule has 78 valence electrons. The molecule has 1 N–H and O–H groups in total. The number of quaternary nitrogens is 1. The molecular formula is C10H12N3O2+. The Morgan fingerprint density at radius 3 is 2.47 bits per heavy atom. The van der Waals surface area contributed by atoms with E-state index in [2.05, 4.69) is 10.4 Å². The first kappa shape index (κ1) is 9.67. The highest BCUT2D eigenvalue weighted by Crippen LogP contribution is 2.12. The highest BCUT2D eigenvalue weighted by atomic mass is 16.5. The lowest BCUT2D eigenvalue weighted by Gasteiger charge is -2.09. The van der Waals surface area contributed by atoms with Crippen LogP contribution in [0.5, 0.6) is 5.75 Å². The lowest BCUT2D eigenvalue weighted by Crippen LogP contribution is -2.41. The molecule has 5 heteroatoms. The van der Waals surface area contributed by atoms with Crippen LogP contribution in [0, 0.1) is 0 Å². The monoisotopic (exact) mass is 206 g/mol. The zero-order valence-electron chi connectivity index (χ0n) is 8.60. The third-order valence-corrected chi connectivity index (χ3v) is 2.01. The Morgan fingerprint density at radius 2 is 1.93 bits per heavy atom. The fourth-order valence-corrected chi connectivity index (χ4v) is 1.17. The van der Waals surface area contributed by atoms with Crippen molar-refractivity contribution in [2.45, 2.75) is 0 Å². The van der Waals surface area contributed by atoms with E-state index in [9.17, 15) is 4.79 Å². The van der Waals surface area contributed by atoms with Gasteiger partial charge in [-0.3, -0.25) is 0 Å². The Bertz CT molecular complexity index is 412. The van der Waals surface area contributed by atoms with Crippen LogP contribution in [0.15, 0.2) is 35.4 Å². The van der Waals surface area contributed by atoms with Crippen molar-refractivity contribution in [3.63, 3.8) is 0 Å². The van der Waals surface area contributed by atoms with Crippen molar-refractivity contribution in [1.29, 1.82) is 0 Å². The van der Waals surface area contributed by atoms with Gasteiger partial charge in [-0.05, 0) is 17.2 Å². The number of hydrogen-bond acceptors (Lipinski definition) is 3. The lowest BCUT2D eigenvalue weighted by molar-refractivity contribution is -0.811. The van der Waals surface area contributed by atoms with Crippen LogP contribution in [-0.2, 0) is 0 Å². The fraction of sp³-hybridized carbons (Fsp3) is 0.200. The molecule has 0 saturated heterocycles. The molecule has 2 amide bonds. The summed E-state index contributed by atoms with van der Waals surface area (Å²) in [6, 6.07) is 9.22. The molecule has 0 atom stereocenters. The fourth-order valence-electron chi connectivity index (χ4n) is 1.17. The molecule has 1 aromatic rings. The molecule has 0 aromatic heterocycles. The first-order valence-electron chi connectivity index (χ1n) is 4.56. The maximum Gasteiger partial charge on any atom is 0.450 e. The Labute approximate surface area is 87.5 Å². The van der Waals surface area contributed by atoms with Crippen molar-refractivity contribution in [3.8, 4) is 5.75 Å². The van der Waals surface area contributed by atoms with E-state index in [0.29, 0.717) is 5.75 Å². The summed E-state index contributed by atoms with van der Waals surface area (Å²) in [6.45, 7) is 0. The minimum atomic E-state index is -0.207. The van der Waals surface area contributed by atoms with Crippen LogP contribution in [0.25, 0.3) is 0 Å². The van der Waals surface area contributed by atoms with E-state index >= 15 is 0 Å². The molecule has 0 spiro atoms. The molecule has 1 aliphatic heterocycles. The van der Waals surface area contributed by atoms with E-state index in [0.717, 1.165) is 0 Å². The Hall–Kier alpha value is -1.88. The molecule has 0 aliphatic carbocycles. The Morgan fingerprint density at radius 1 is 1.27 bits per heavy atom. The van der Waals surface area contributed by atoms with Gasteiger partial charge in [0.2, 0.25) is 0 Å². The largest absolute Gasteiger partial charge is 0.450 e. The minimum Gasteiger partial charge on any atom is -0.422 e. The Balaban J connectivity index is 2.13. The highest BCUT2D eigenvalue weighted by molar-refractivity contribution is 5.94. The van der Waals surface area contributed by atoms with Gasteiger partial charge in [-0.15, -0.1) is 4.59 Å². The SMILES string of the molecule is C[N+]1(C)N=C(Oc2ccccc2)NC1=O. The number of rotatable bonds is 1. The second kappa shape index (κ2) is 3.36. The molecule has 0 saturated carbocycles. The van der Waals surface area contributed by atoms with Crippen molar-refractivity contribution in [2.75, 3.05) is 14.1 Å². The number of carbonyl (C=O) groups excluding carboxylic acids is 1. The number of nitrogens with one attached hydrogen (secondary N) is 1. The van der Waals surface area contributed by atoms with Gasteiger partial charge in [0.15, 0.2) is 0 Å². The van der Waals surface area contributed by atoms with Gasteiger partial charge in [-0.2, -0.15) is 0 Å². The summed E-state index contributed by atoms with van der Waals surface area (Å²) in [5.74, 6) is 0.651. The van der Waals surface area contributed by atoms with Crippen LogP contribution in [-0.4, -0.2) is 30.7 Å². The number of ether oxygens (including phenoxy) is 1. The normalized spacial score (nSPS) is 18.3. The zero-order chi connectivity index (χ0) is 10.9. The summed E-state index contributed by atoms with van der Waals surface area (Å²) in [5.41, 5.74) is 0. The second-order valence-electron chi connectivity index (χ2n) is 3.64. The summed E-state index contributed by atoms with van der Waals surface area (Å²) in [6.07, 6.45) is 0. The van der Waals surface area contributed by atoms with Crippen LogP contribution in [0.4, 0.5) is 4.79 Å². The van der Waals surface area contributed by atoms with Crippen LogP contribution < -0.4 is 10.1 Å². The van der Waals surface area contributed by atoms with E-state index < -0.39 is 0 Å². The summed E-state index contributed by atoms with van der Waals surface area (Å²) in [5, 5.41) is 6.62. The topological polar surface area (TPSA) is 50.7 Å². The van der Waals surface area contributed by atoms with E-state index in [1.807, 2.05) is 18.2 Å². The van der Waals surface area contributed by atoms with Crippen LogP contribution in [0.3, 0.4) is 0 Å². The van der Waals surface area contributed by atoms with Crippen molar-refractivity contribution in [1.82, 2.24) is 5.32 Å². The second-order valence-corrected chi connectivity index (χ2v) is 3.64. The first-order chi connectivity index (χ1) is 7.08. The Kier molecular flexibility index (Phi) is 2.17. The predicted octanol–water partition coefficient (Wildman–Crippen LogP) is 1.14. The molecule has 0 fully saturated rings. The third-order valence-electron chi connectivity index (χ3n) is 2.01. The average Bonchev–Trinajstić information content (AvgIpc) is 2.42. The van der Waals surface area contributed by atoms with Crippen molar-refractivity contribution < 1.29 is 14.1 Å². The van der Waals surface area contributed by atoms with Gasteiger partial charge in [-0.25, -0.2) is 10.1 Å². The quantitative estimate of drug-likeness (QED) is 0.700. The summed E-state index contributed by atoms with van der Waals surface area (Å²) in [4.78, 5) is 11.4. The molecule has 0 radical (unpaired) electrons. The van der Waals surface area contributed by atoms with Crippen molar-refractivity contribution >= 4 is 12.1 Å². The number of amides is 2. The minimum absolute atomic E-state index is 0.0951. The van der Waals surface area contributed by atoms with E-state index in [4.69, 9.17) is 4.74 Å². The van der Waals surface area contributed by atoms with Gasteiger partial charge in [0.1, 0.15) is 19.8 Å². The van der Waals surface area contributed by atoms with Crippen molar-refractivity contribution in [3.05, 3.63) is 30.3 Å². The maximum atomic E-state index is 11.4. The number of nitrogens with zero attached hydrogens (tertiary/aromatic N) is 2. The van der Waals surface area contributed by atoms with E-state index in [1.165, 1.54) is 0 Å². The first-order valence-corrected chi connectivity index (χ1v) is 4.56. The molecule has 1 aromatic carbocycles. The molecule has 2 rings (SSSR count). The summed E-state index contributed by atoms with van der Waals surface area (Å²) < 4.78 is 5.29. The van der Waals surface area contributed by atoms with E-state index in [-0.39, 0.29) is 16.6 Å². The highest BCUT2D eigenvalue weighted by Gasteiger charge is 2.37. The molecule has 15 heavy (non-hydrogen) atoms. The standard InChI is InChI=1S/C10H11N3O2/c1-13(2)10(14)11-9(12-13)15-8-6-4-3-5-7-8/h3-7H,1-2H3/p+1. The molecule has 0 unspecified atom stereocenters. The maximum absolute atomic E-state index is 11.4. The number of benzene rings is 1. The summed E-state index contributed by atoms with van der Waals surface area (Å²) >= 11 is 0. The van der Waals surface area contributed by atoms with Gasteiger partial charge >= 0.3 is 12.1 Å². The number of amidine groups is 1. The van der Waals surface area contributed by atoms with Gasteiger partial charge in [-0.1, -0.05) is 18.2 Å². The van der Waals surface area contributed by atoms with Crippen molar-refractivity contribution in [2.24, 2.45) is 5.10 Å². The molecule has 5 nitrogen and oxygen atoms in total. The number of urea groups is 1. The zero-order valence-corrected chi connectivity index (χ0v) is 8.60. The van der Waals surface area contributed by atoms with Gasteiger partial charge in [0.25, 0.3) is 0 Å². The number of carbonyl (C=O) groups is 1. The van der Waals surface area contributed by atoms with Gasteiger partial charge < -0.3 is 4.74 Å². The molecule has 1 aliphatic rings. The van der Waals surface area contributed by atoms with Crippen LogP contribution >= 0.6 is 0 Å². The third kappa shape index (κ3) is 1.97. The molecular weight excluding hydrogens is 194 g/mol. The van der Waals surface area contributed by atoms with Crippen LogP contribution in [0.1, 0.15) is 0 Å². The summed E-state index contributed by atoms with van der Waals surface area (Å²) in [7, 11) is 3.35. The average molecular weight is 206 g/mol. The molecule has 1 heterocycles. The predicted molar refractivity (Wildman–Crippen MR) is 55.1 cm³/mol. The van der Waals surface area contributed by atoms with Gasteiger partial charge in [0.05, 0.1) is 0 Å². The number of hydrogen-bond donors (Lipinski definition) is 1. The molecule has 0 bridgehead atoms. The van der Waals surface area contributed by atoms with E-state index in [1.54, 1.807) is 26.2 Å². The number of para-hydroxylation sites is 1. The smallest absolute Gasteiger partial charge is 0.422 e. The van der Waals surface area contributed by atoms with Gasteiger partial charge in [0, 0.05) is 0 Å².